The van der Waals surface area contributed by atoms with Crippen molar-refractivity contribution in [3.05, 3.63) is 59.2 Å². The predicted octanol–water partition coefficient (Wildman–Crippen LogP) is 1.29. The van der Waals surface area contributed by atoms with Gasteiger partial charge in [0.05, 0.1) is 17.0 Å². The maximum Gasteiger partial charge on any atom is 0.343 e. The number of primary amides is 1. The second kappa shape index (κ2) is 7.45. The van der Waals surface area contributed by atoms with Gasteiger partial charge in [-0.25, -0.2) is 17.9 Å². The summed E-state index contributed by atoms with van der Waals surface area (Å²) in [7, 11) is -3.87. The zero-order chi connectivity index (χ0) is 18.6. The van der Waals surface area contributed by atoms with Crippen molar-refractivity contribution in [2.45, 2.75) is 18.7 Å². The summed E-state index contributed by atoms with van der Waals surface area (Å²) in [6, 6.07) is 10.5. The highest BCUT2D eigenvalue weighted by molar-refractivity contribution is 7.89. The molecule has 0 fully saturated rings. The molecule has 0 aliphatic carbocycles. The molecule has 0 atom stereocenters. The molecule has 0 aliphatic rings. The van der Waals surface area contributed by atoms with Crippen molar-refractivity contribution < 1.29 is 22.7 Å². The van der Waals surface area contributed by atoms with Crippen LogP contribution in [0.1, 0.15) is 21.5 Å². The van der Waals surface area contributed by atoms with Crippen LogP contribution in [0.15, 0.2) is 47.4 Å². The summed E-state index contributed by atoms with van der Waals surface area (Å²) in [5, 5.41) is 0. The number of benzene rings is 2. The molecule has 0 aliphatic heterocycles. The number of sulfonamides is 1. The van der Waals surface area contributed by atoms with Gasteiger partial charge >= 0.3 is 5.97 Å². The van der Waals surface area contributed by atoms with Crippen LogP contribution in [0.5, 0.6) is 5.75 Å². The first kappa shape index (κ1) is 18.6. The van der Waals surface area contributed by atoms with E-state index in [0.717, 1.165) is 11.1 Å². The monoisotopic (exact) mass is 362 g/mol. The molecule has 0 aromatic heterocycles. The van der Waals surface area contributed by atoms with E-state index in [-0.39, 0.29) is 10.5 Å². The lowest BCUT2D eigenvalue weighted by atomic mass is 10.1. The molecule has 1 amide bonds. The summed E-state index contributed by atoms with van der Waals surface area (Å²) in [6.45, 7) is 3.36. The maximum absolute atomic E-state index is 12.1. The second-order valence-electron chi connectivity index (χ2n) is 5.45. The number of carbonyl (C=O) groups excluding carboxylic acids is 2. The lowest BCUT2D eigenvalue weighted by Crippen LogP contribution is -2.33. The van der Waals surface area contributed by atoms with Crippen LogP contribution in [-0.4, -0.2) is 26.8 Å². The van der Waals surface area contributed by atoms with Crippen LogP contribution in [0.3, 0.4) is 0 Å². The molecule has 0 unspecified atom stereocenters. The molecule has 0 heterocycles. The van der Waals surface area contributed by atoms with E-state index < -0.39 is 28.4 Å². The first-order valence-corrected chi connectivity index (χ1v) is 8.85. The maximum atomic E-state index is 12.1. The summed E-state index contributed by atoms with van der Waals surface area (Å²) in [4.78, 5) is 22.7. The van der Waals surface area contributed by atoms with Crippen LogP contribution in [0.4, 0.5) is 0 Å². The Morgan fingerprint density at radius 1 is 1.04 bits per heavy atom. The third-order valence-electron chi connectivity index (χ3n) is 3.53. The molecule has 8 heteroatoms. The molecular formula is C17H18N2O5S. The van der Waals surface area contributed by atoms with Crippen LogP contribution in [0.25, 0.3) is 0 Å². The molecule has 0 saturated carbocycles. The van der Waals surface area contributed by atoms with Gasteiger partial charge in [-0.3, -0.25) is 4.79 Å². The molecule has 132 valence electrons. The highest BCUT2D eigenvalue weighted by Gasteiger charge is 2.16. The van der Waals surface area contributed by atoms with E-state index in [1.807, 2.05) is 19.9 Å². The Balaban J connectivity index is 2.12. The summed E-state index contributed by atoms with van der Waals surface area (Å²) < 4.78 is 31.2. The van der Waals surface area contributed by atoms with Gasteiger partial charge in [-0.05, 0) is 61.4 Å². The fourth-order valence-electron chi connectivity index (χ4n) is 1.96. The summed E-state index contributed by atoms with van der Waals surface area (Å²) in [5.74, 6) is -0.984. The molecule has 7 nitrogen and oxygen atoms in total. The molecule has 0 spiro atoms. The van der Waals surface area contributed by atoms with Crippen molar-refractivity contribution in [1.82, 2.24) is 4.72 Å². The number of nitrogens with one attached hydrogen (secondary N) is 1. The number of carbonyl (C=O) groups is 2. The molecule has 0 radical (unpaired) electrons. The number of ether oxygens (including phenoxy) is 1. The number of hydrogen-bond acceptors (Lipinski definition) is 5. The van der Waals surface area contributed by atoms with Gasteiger partial charge in [-0.2, -0.15) is 0 Å². The van der Waals surface area contributed by atoms with Crippen LogP contribution in [0.2, 0.25) is 0 Å². The Morgan fingerprint density at radius 3 is 2.24 bits per heavy atom. The van der Waals surface area contributed by atoms with Gasteiger partial charge in [-0.15, -0.1) is 0 Å². The Kier molecular flexibility index (Phi) is 5.55. The molecule has 0 bridgehead atoms. The first-order chi connectivity index (χ1) is 11.7. The Bertz CT molecular complexity index is 905. The number of aryl methyl sites for hydroxylation is 2. The van der Waals surface area contributed by atoms with Gasteiger partial charge in [0.2, 0.25) is 15.9 Å². The minimum atomic E-state index is -3.87. The van der Waals surface area contributed by atoms with Crippen molar-refractivity contribution >= 4 is 21.9 Å². The van der Waals surface area contributed by atoms with E-state index in [2.05, 4.69) is 4.72 Å². The van der Waals surface area contributed by atoms with Crippen LogP contribution in [0, 0.1) is 13.8 Å². The second-order valence-corrected chi connectivity index (χ2v) is 7.22. The lowest BCUT2D eigenvalue weighted by molar-refractivity contribution is -0.116. The van der Waals surface area contributed by atoms with E-state index in [1.54, 1.807) is 12.1 Å². The van der Waals surface area contributed by atoms with Crippen molar-refractivity contribution in [3.8, 4) is 5.75 Å². The fourth-order valence-corrected chi connectivity index (χ4v) is 2.96. The highest BCUT2D eigenvalue weighted by atomic mass is 32.2. The normalized spacial score (nSPS) is 11.1. The smallest absolute Gasteiger partial charge is 0.343 e. The van der Waals surface area contributed by atoms with Gasteiger partial charge in [0.25, 0.3) is 0 Å². The van der Waals surface area contributed by atoms with Gasteiger partial charge < -0.3 is 10.5 Å². The Labute approximate surface area is 145 Å². The molecule has 2 rings (SSSR count). The van der Waals surface area contributed by atoms with Crippen LogP contribution in [-0.2, 0) is 14.8 Å². The van der Waals surface area contributed by atoms with E-state index >= 15 is 0 Å². The number of esters is 1. The van der Waals surface area contributed by atoms with Crippen molar-refractivity contribution in [1.29, 1.82) is 0 Å². The first-order valence-electron chi connectivity index (χ1n) is 7.36. The fraction of sp³-hybridized carbons (Fsp3) is 0.176. The number of rotatable bonds is 6. The molecule has 25 heavy (non-hydrogen) atoms. The van der Waals surface area contributed by atoms with Crippen molar-refractivity contribution in [3.63, 3.8) is 0 Å². The Hall–Kier alpha value is -2.71. The van der Waals surface area contributed by atoms with E-state index in [0.29, 0.717) is 5.75 Å². The lowest BCUT2D eigenvalue weighted by Gasteiger charge is -2.08. The molecule has 3 N–H and O–H groups in total. The third kappa shape index (κ3) is 4.88. The zero-order valence-electron chi connectivity index (χ0n) is 13.8. The Morgan fingerprint density at radius 2 is 1.68 bits per heavy atom. The van der Waals surface area contributed by atoms with Crippen molar-refractivity contribution in [2.75, 3.05) is 6.54 Å². The third-order valence-corrected chi connectivity index (χ3v) is 4.94. The SMILES string of the molecule is Cc1ccc(OC(=O)c2ccc(S(=O)(=O)NCC(N)=O)cc2)cc1C. The minimum absolute atomic E-state index is 0.0866. The molecule has 2 aromatic carbocycles. The summed E-state index contributed by atoms with van der Waals surface area (Å²) >= 11 is 0. The number of nitrogens with two attached hydrogens (primary N) is 1. The zero-order valence-corrected chi connectivity index (χ0v) is 14.6. The predicted molar refractivity (Wildman–Crippen MR) is 91.7 cm³/mol. The minimum Gasteiger partial charge on any atom is -0.423 e. The van der Waals surface area contributed by atoms with Crippen LogP contribution < -0.4 is 15.2 Å². The largest absolute Gasteiger partial charge is 0.423 e. The van der Waals surface area contributed by atoms with Gasteiger partial charge in [-0.1, -0.05) is 6.07 Å². The van der Waals surface area contributed by atoms with E-state index in [1.165, 1.54) is 24.3 Å². The summed E-state index contributed by atoms with van der Waals surface area (Å²) in [6.07, 6.45) is 0. The average Bonchev–Trinajstić information content (AvgIpc) is 2.56. The molecule has 2 aromatic rings. The number of amides is 1. The molecular weight excluding hydrogens is 344 g/mol. The highest BCUT2D eigenvalue weighted by Crippen LogP contribution is 2.18. The quantitative estimate of drug-likeness (QED) is 0.593. The van der Waals surface area contributed by atoms with Crippen molar-refractivity contribution in [2.24, 2.45) is 5.73 Å². The van der Waals surface area contributed by atoms with E-state index in [9.17, 15) is 18.0 Å². The topological polar surface area (TPSA) is 116 Å². The van der Waals surface area contributed by atoms with Gasteiger partial charge in [0.1, 0.15) is 5.75 Å². The van der Waals surface area contributed by atoms with Gasteiger partial charge in [0.15, 0.2) is 0 Å². The standard InChI is InChI=1S/C17H18N2O5S/c1-11-3-6-14(9-12(11)2)24-17(21)13-4-7-15(8-5-13)25(22,23)19-10-16(18)20/h3-9,19H,10H2,1-2H3,(H2,18,20). The van der Waals surface area contributed by atoms with Gasteiger partial charge in [0, 0.05) is 0 Å². The summed E-state index contributed by atoms with van der Waals surface area (Å²) in [5.41, 5.74) is 7.18. The average molecular weight is 362 g/mol. The molecule has 0 saturated heterocycles. The number of hydrogen-bond donors (Lipinski definition) is 2. The van der Waals surface area contributed by atoms with E-state index in [4.69, 9.17) is 10.5 Å². The van der Waals surface area contributed by atoms with Crippen LogP contribution >= 0.6 is 0 Å².